The van der Waals surface area contributed by atoms with Crippen LogP contribution in [0.3, 0.4) is 0 Å². The Morgan fingerprint density at radius 3 is 2.62 bits per heavy atom. The zero-order valence-corrected chi connectivity index (χ0v) is 8.03. The minimum Gasteiger partial charge on any atom is -0.464 e. The van der Waals surface area contributed by atoms with Crippen LogP contribution in [0.5, 0.6) is 0 Å². The van der Waals surface area contributed by atoms with Crippen molar-refractivity contribution >= 4 is 5.97 Å². The normalized spacial score (nSPS) is 15.1. The van der Waals surface area contributed by atoms with Crippen molar-refractivity contribution in [1.82, 2.24) is 0 Å². The van der Waals surface area contributed by atoms with Crippen molar-refractivity contribution in [2.75, 3.05) is 20.3 Å². The zero-order chi connectivity index (χ0) is 10.3. The van der Waals surface area contributed by atoms with Gasteiger partial charge in [-0.3, -0.25) is 4.79 Å². The second-order valence-corrected chi connectivity index (χ2v) is 2.78. The van der Waals surface area contributed by atoms with Crippen LogP contribution >= 0.6 is 0 Å². The standard InChI is InChI=1S/C8H17NO4/c1-6(10)7(9)8(11)13-5-3-4-12-2/h6-7,10H,3-5,9H2,1-2H3. The molecule has 0 spiro atoms. The van der Waals surface area contributed by atoms with E-state index in [-0.39, 0.29) is 6.61 Å². The number of aliphatic hydroxyl groups is 1. The predicted molar refractivity (Wildman–Crippen MR) is 47.1 cm³/mol. The van der Waals surface area contributed by atoms with Crippen LogP contribution in [0.2, 0.25) is 0 Å². The molecule has 0 aliphatic heterocycles. The highest BCUT2D eigenvalue weighted by atomic mass is 16.5. The van der Waals surface area contributed by atoms with Crippen molar-refractivity contribution in [3.05, 3.63) is 0 Å². The van der Waals surface area contributed by atoms with Gasteiger partial charge in [-0.1, -0.05) is 0 Å². The van der Waals surface area contributed by atoms with Crippen LogP contribution in [0.1, 0.15) is 13.3 Å². The summed E-state index contributed by atoms with van der Waals surface area (Å²) in [5, 5.41) is 8.94. The van der Waals surface area contributed by atoms with Gasteiger partial charge in [-0.2, -0.15) is 0 Å². The number of carbonyl (C=O) groups excluding carboxylic acids is 1. The van der Waals surface area contributed by atoms with Gasteiger partial charge < -0.3 is 20.3 Å². The molecule has 78 valence electrons. The van der Waals surface area contributed by atoms with Crippen LogP contribution in [-0.4, -0.2) is 43.5 Å². The first kappa shape index (κ1) is 12.3. The number of aliphatic hydroxyl groups excluding tert-OH is 1. The van der Waals surface area contributed by atoms with Crippen LogP contribution in [0, 0.1) is 0 Å². The van der Waals surface area contributed by atoms with Gasteiger partial charge in [0.25, 0.3) is 0 Å². The van der Waals surface area contributed by atoms with Crippen LogP contribution in [0.4, 0.5) is 0 Å². The van der Waals surface area contributed by atoms with E-state index in [1.54, 1.807) is 7.11 Å². The fourth-order valence-corrected chi connectivity index (χ4v) is 0.669. The summed E-state index contributed by atoms with van der Waals surface area (Å²) in [6, 6.07) is -0.956. The summed E-state index contributed by atoms with van der Waals surface area (Å²) in [6.45, 7) is 2.26. The van der Waals surface area contributed by atoms with Crippen LogP contribution in [0.15, 0.2) is 0 Å². The molecule has 0 aromatic carbocycles. The Labute approximate surface area is 77.8 Å². The Morgan fingerprint density at radius 2 is 2.15 bits per heavy atom. The molecule has 0 heterocycles. The fraction of sp³-hybridized carbons (Fsp3) is 0.875. The molecule has 0 radical (unpaired) electrons. The van der Waals surface area contributed by atoms with Crippen LogP contribution in [0.25, 0.3) is 0 Å². The van der Waals surface area contributed by atoms with E-state index in [4.69, 9.17) is 20.3 Å². The quantitative estimate of drug-likeness (QED) is 0.427. The van der Waals surface area contributed by atoms with Crippen LogP contribution < -0.4 is 5.73 Å². The Hall–Kier alpha value is -0.650. The summed E-state index contributed by atoms with van der Waals surface area (Å²) in [5.41, 5.74) is 5.32. The number of nitrogens with two attached hydrogens (primary N) is 1. The third-order valence-corrected chi connectivity index (χ3v) is 1.53. The van der Waals surface area contributed by atoms with Crippen molar-refractivity contribution in [3.8, 4) is 0 Å². The molecular weight excluding hydrogens is 174 g/mol. The van der Waals surface area contributed by atoms with E-state index in [1.807, 2.05) is 0 Å². The Balaban J connectivity index is 3.50. The molecule has 0 aromatic heterocycles. The SMILES string of the molecule is COCCCOC(=O)C(N)C(C)O. The first-order valence-corrected chi connectivity index (χ1v) is 4.18. The Bertz CT molecular complexity index is 149. The third kappa shape index (κ3) is 5.57. The number of methoxy groups -OCH3 is 1. The molecule has 0 aliphatic rings. The van der Waals surface area contributed by atoms with Gasteiger partial charge in [0, 0.05) is 20.1 Å². The fourth-order valence-electron chi connectivity index (χ4n) is 0.669. The van der Waals surface area contributed by atoms with Crippen molar-refractivity contribution in [2.24, 2.45) is 5.73 Å². The molecule has 2 atom stereocenters. The average molecular weight is 191 g/mol. The molecule has 0 saturated carbocycles. The maximum Gasteiger partial charge on any atom is 0.325 e. The summed E-state index contributed by atoms with van der Waals surface area (Å²) in [6.07, 6.45) is -0.246. The Kier molecular flexibility index (Phi) is 6.48. The van der Waals surface area contributed by atoms with Gasteiger partial charge in [0.1, 0.15) is 6.04 Å². The van der Waals surface area contributed by atoms with E-state index in [2.05, 4.69) is 0 Å². The summed E-state index contributed by atoms with van der Waals surface area (Å²) >= 11 is 0. The first-order valence-electron chi connectivity index (χ1n) is 4.18. The molecule has 0 bridgehead atoms. The van der Waals surface area contributed by atoms with Gasteiger partial charge in [0.2, 0.25) is 0 Å². The lowest BCUT2D eigenvalue weighted by atomic mass is 10.2. The number of esters is 1. The highest BCUT2D eigenvalue weighted by Gasteiger charge is 2.19. The van der Waals surface area contributed by atoms with E-state index < -0.39 is 18.1 Å². The smallest absolute Gasteiger partial charge is 0.325 e. The third-order valence-electron chi connectivity index (χ3n) is 1.53. The predicted octanol–water partition coefficient (Wildman–Crippen LogP) is -0.726. The van der Waals surface area contributed by atoms with E-state index in [9.17, 15) is 4.79 Å². The molecule has 5 heteroatoms. The number of hydrogen-bond donors (Lipinski definition) is 2. The van der Waals surface area contributed by atoms with Gasteiger partial charge in [-0.25, -0.2) is 0 Å². The molecule has 13 heavy (non-hydrogen) atoms. The van der Waals surface area contributed by atoms with Crippen LogP contribution in [-0.2, 0) is 14.3 Å². The number of rotatable bonds is 6. The lowest BCUT2D eigenvalue weighted by Crippen LogP contribution is -2.41. The summed E-state index contributed by atoms with van der Waals surface area (Å²) in [4.78, 5) is 11.0. The van der Waals surface area contributed by atoms with E-state index in [0.717, 1.165) is 0 Å². The average Bonchev–Trinajstić information content (AvgIpc) is 2.10. The minimum absolute atomic E-state index is 0.271. The highest BCUT2D eigenvalue weighted by molar-refractivity contribution is 5.76. The number of carbonyl (C=O) groups is 1. The summed E-state index contributed by atoms with van der Waals surface area (Å²) in [7, 11) is 1.57. The monoisotopic (exact) mass is 191 g/mol. The lowest BCUT2D eigenvalue weighted by molar-refractivity contribution is -0.147. The zero-order valence-electron chi connectivity index (χ0n) is 8.03. The maximum absolute atomic E-state index is 11.0. The highest BCUT2D eigenvalue weighted by Crippen LogP contribution is 1.93. The largest absolute Gasteiger partial charge is 0.464 e. The minimum atomic E-state index is -0.956. The molecule has 0 rings (SSSR count). The molecule has 5 nitrogen and oxygen atoms in total. The van der Waals surface area contributed by atoms with E-state index in [1.165, 1.54) is 6.92 Å². The Morgan fingerprint density at radius 1 is 1.54 bits per heavy atom. The number of ether oxygens (including phenoxy) is 2. The van der Waals surface area contributed by atoms with Gasteiger partial charge in [-0.05, 0) is 6.92 Å². The maximum atomic E-state index is 11.0. The summed E-state index contributed by atoms with van der Waals surface area (Å²) < 4.78 is 9.52. The van der Waals surface area contributed by atoms with Crippen molar-refractivity contribution in [3.63, 3.8) is 0 Å². The molecule has 0 aromatic rings. The van der Waals surface area contributed by atoms with Gasteiger partial charge in [-0.15, -0.1) is 0 Å². The molecule has 3 N–H and O–H groups in total. The van der Waals surface area contributed by atoms with Crippen molar-refractivity contribution < 1.29 is 19.4 Å². The molecule has 0 amide bonds. The van der Waals surface area contributed by atoms with Gasteiger partial charge >= 0.3 is 5.97 Å². The van der Waals surface area contributed by atoms with Gasteiger partial charge in [0.15, 0.2) is 0 Å². The summed E-state index contributed by atoms with van der Waals surface area (Å²) in [5.74, 6) is -0.578. The molecule has 0 fully saturated rings. The van der Waals surface area contributed by atoms with Crippen molar-refractivity contribution in [2.45, 2.75) is 25.5 Å². The first-order chi connectivity index (χ1) is 6.09. The second-order valence-electron chi connectivity index (χ2n) is 2.78. The molecular formula is C8H17NO4. The topological polar surface area (TPSA) is 81.8 Å². The number of hydrogen-bond acceptors (Lipinski definition) is 5. The second kappa shape index (κ2) is 6.82. The molecule has 0 saturated heterocycles. The van der Waals surface area contributed by atoms with Gasteiger partial charge in [0.05, 0.1) is 12.7 Å². The van der Waals surface area contributed by atoms with Crippen molar-refractivity contribution in [1.29, 1.82) is 0 Å². The van der Waals surface area contributed by atoms with E-state index in [0.29, 0.717) is 13.0 Å². The molecule has 0 aliphatic carbocycles. The lowest BCUT2D eigenvalue weighted by Gasteiger charge is -2.13. The van der Waals surface area contributed by atoms with E-state index >= 15 is 0 Å². The molecule has 2 unspecified atom stereocenters.